The lowest BCUT2D eigenvalue weighted by Crippen LogP contribution is -2.59. The fourth-order valence-electron chi connectivity index (χ4n) is 6.79. The second kappa shape index (κ2) is 8.60. The van der Waals surface area contributed by atoms with Crippen molar-refractivity contribution in [1.29, 1.82) is 5.26 Å². The molecular weight excluding hydrogens is 515 g/mol. The van der Waals surface area contributed by atoms with Gasteiger partial charge >= 0.3 is 0 Å². The zero-order chi connectivity index (χ0) is 27.8. The minimum absolute atomic E-state index is 0.0320. The van der Waals surface area contributed by atoms with Gasteiger partial charge in [-0.3, -0.25) is 9.47 Å². The van der Waals surface area contributed by atoms with Gasteiger partial charge in [-0.15, -0.1) is 0 Å². The van der Waals surface area contributed by atoms with E-state index in [1.807, 2.05) is 48.5 Å². The summed E-state index contributed by atoms with van der Waals surface area (Å²) < 4.78 is 8.60. The van der Waals surface area contributed by atoms with Crippen LogP contribution in [-0.2, 0) is 0 Å². The third-order valence-electron chi connectivity index (χ3n) is 8.48. The average Bonchev–Trinajstić information content (AvgIpc) is 3.39. The van der Waals surface area contributed by atoms with Crippen LogP contribution in [0.3, 0.4) is 0 Å². The molecule has 0 amide bonds. The number of pyridine rings is 1. The van der Waals surface area contributed by atoms with Crippen LogP contribution in [-0.4, -0.2) is 16.3 Å². The molecule has 5 aromatic carbocycles. The van der Waals surface area contributed by atoms with Gasteiger partial charge in [0.2, 0.25) is 0 Å². The van der Waals surface area contributed by atoms with Gasteiger partial charge in [-0.05, 0) is 64.9 Å². The summed E-state index contributed by atoms with van der Waals surface area (Å²) in [6, 6.07) is 45.8. The molecule has 0 saturated heterocycles. The normalized spacial score (nSPS) is 12.8. The number of aromatic nitrogens is 2. The molecule has 0 spiro atoms. The van der Waals surface area contributed by atoms with Crippen LogP contribution >= 0.6 is 0 Å². The number of ether oxygens (including phenoxy) is 1. The first-order valence-corrected chi connectivity index (χ1v) is 14.0. The van der Waals surface area contributed by atoms with Gasteiger partial charge in [-0.25, -0.2) is 4.98 Å². The SMILES string of the molecule is N#Cc1cc(N2c3ccccc3B3c4ccccc4Oc4cccc2c43)nc(-n2c3ccccc3c3ccccc32)c1. The summed E-state index contributed by atoms with van der Waals surface area (Å²) in [4.78, 5) is 7.47. The van der Waals surface area contributed by atoms with Crippen LogP contribution in [0.15, 0.2) is 127 Å². The molecule has 2 aromatic heterocycles. The Bertz CT molecular complexity index is 2230. The molecule has 0 atom stereocenters. The maximum absolute atomic E-state index is 10.2. The van der Waals surface area contributed by atoms with Gasteiger partial charge in [0, 0.05) is 22.1 Å². The number of benzene rings is 5. The Morgan fingerprint density at radius 3 is 2.02 bits per heavy atom. The number of anilines is 3. The van der Waals surface area contributed by atoms with Gasteiger partial charge in [0.25, 0.3) is 6.71 Å². The van der Waals surface area contributed by atoms with Crippen molar-refractivity contribution in [1.82, 2.24) is 9.55 Å². The molecule has 4 heterocycles. The summed E-state index contributed by atoms with van der Waals surface area (Å²) in [5, 5.41) is 12.5. The third-order valence-corrected chi connectivity index (χ3v) is 8.48. The van der Waals surface area contributed by atoms with E-state index < -0.39 is 0 Å². The standard InChI is InChI=1S/C36H21BN4O/c38-22-23-20-34(40-28-14-5-1-10-24(28)25-11-2-6-15-29(25)40)39-35(21-23)41-30-16-7-3-12-26(30)37-27-13-4-8-18-32(27)42-33-19-9-17-31(41)36(33)37/h1-21H. The van der Waals surface area contributed by atoms with Crippen LogP contribution in [0.1, 0.15) is 5.56 Å². The Morgan fingerprint density at radius 1 is 0.619 bits per heavy atom. The van der Waals surface area contributed by atoms with Crippen molar-refractivity contribution in [3.63, 3.8) is 0 Å². The topological polar surface area (TPSA) is 54.1 Å². The monoisotopic (exact) mass is 536 g/mol. The lowest BCUT2D eigenvalue weighted by molar-refractivity contribution is 0.487. The first kappa shape index (κ1) is 23.0. The molecule has 0 aliphatic carbocycles. The molecule has 0 unspecified atom stereocenters. The number of nitriles is 1. The Balaban J connectivity index is 1.33. The molecule has 6 heteroatoms. The van der Waals surface area contributed by atoms with Crippen molar-refractivity contribution in [2.75, 3.05) is 4.90 Å². The highest BCUT2D eigenvalue weighted by Crippen LogP contribution is 2.40. The van der Waals surface area contributed by atoms with E-state index in [2.05, 4.69) is 94.4 Å². The zero-order valence-corrected chi connectivity index (χ0v) is 22.4. The Hall–Kier alpha value is -5.80. The van der Waals surface area contributed by atoms with E-state index in [0.717, 1.165) is 55.6 Å². The number of nitrogens with zero attached hydrogens (tertiary/aromatic N) is 4. The summed E-state index contributed by atoms with van der Waals surface area (Å²) in [7, 11) is 0. The minimum atomic E-state index is 0.0320. The van der Waals surface area contributed by atoms with Gasteiger partial charge in [-0.1, -0.05) is 78.9 Å². The Morgan fingerprint density at radius 2 is 1.24 bits per heavy atom. The van der Waals surface area contributed by atoms with Gasteiger partial charge in [0.05, 0.1) is 22.7 Å². The smallest absolute Gasteiger partial charge is 0.256 e. The van der Waals surface area contributed by atoms with Gasteiger partial charge in [0.15, 0.2) is 0 Å². The lowest BCUT2D eigenvalue weighted by atomic mass is 9.34. The molecule has 0 N–H and O–H groups in total. The quantitative estimate of drug-likeness (QED) is 0.238. The molecule has 5 nitrogen and oxygen atoms in total. The fourth-order valence-corrected chi connectivity index (χ4v) is 6.79. The number of para-hydroxylation sites is 4. The summed E-state index contributed by atoms with van der Waals surface area (Å²) in [6.07, 6.45) is 0. The van der Waals surface area contributed by atoms with Crippen molar-refractivity contribution >= 4 is 62.1 Å². The molecule has 0 fully saturated rings. The predicted octanol–water partition coefficient (Wildman–Crippen LogP) is 6.46. The van der Waals surface area contributed by atoms with E-state index in [0.29, 0.717) is 17.2 Å². The van der Waals surface area contributed by atoms with Crippen molar-refractivity contribution in [3.05, 3.63) is 133 Å². The number of rotatable bonds is 2. The maximum Gasteiger partial charge on any atom is 0.256 e. The van der Waals surface area contributed by atoms with Crippen molar-refractivity contribution < 1.29 is 4.74 Å². The van der Waals surface area contributed by atoms with Gasteiger partial charge in [-0.2, -0.15) is 5.26 Å². The Kier molecular flexibility index (Phi) is 4.70. The van der Waals surface area contributed by atoms with E-state index in [1.54, 1.807) is 0 Å². The second-order valence-corrected chi connectivity index (χ2v) is 10.7. The largest absolute Gasteiger partial charge is 0.458 e. The second-order valence-electron chi connectivity index (χ2n) is 10.7. The highest BCUT2D eigenvalue weighted by atomic mass is 16.5. The molecule has 2 aliphatic rings. The van der Waals surface area contributed by atoms with E-state index >= 15 is 0 Å². The van der Waals surface area contributed by atoms with Crippen LogP contribution in [0.4, 0.5) is 17.2 Å². The molecule has 194 valence electrons. The minimum Gasteiger partial charge on any atom is -0.458 e. The maximum atomic E-state index is 10.2. The molecule has 0 saturated carbocycles. The summed E-state index contributed by atoms with van der Waals surface area (Å²) in [5.74, 6) is 3.11. The van der Waals surface area contributed by atoms with Crippen LogP contribution in [0.25, 0.3) is 27.6 Å². The highest BCUT2D eigenvalue weighted by molar-refractivity contribution is 6.99. The fraction of sp³-hybridized carbons (Fsp3) is 0. The molecular formula is C36H21BN4O. The van der Waals surface area contributed by atoms with Crippen LogP contribution in [0.5, 0.6) is 11.5 Å². The zero-order valence-electron chi connectivity index (χ0n) is 22.4. The number of hydrogen-bond donors (Lipinski definition) is 0. The van der Waals surface area contributed by atoms with E-state index in [4.69, 9.17) is 9.72 Å². The predicted molar refractivity (Wildman–Crippen MR) is 169 cm³/mol. The first-order chi connectivity index (χ1) is 20.8. The number of fused-ring (bicyclic) bond motifs is 7. The number of hydrogen-bond acceptors (Lipinski definition) is 4. The van der Waals surface area contributed by atoms with E-state index in [9.17, 15) is 5.26 Å². The van der Waals surface area contributed by atoms with E-state index in [1.165, 1.54) is 5.46 Å². The molecule has 9 rings (SSSR count). The summed E-state index contributed by atoms with van der Waals surface area (Å²) in [5.41, 5.74) is 8.12. The van der Waals surface area contributed by atoms with E-state index in [-0.39, 0.29) is 6.71 Å². The van der Waals surface area contributed by atoms with Crippen molar-refractivity contribution in [3.8, 4) is 23.4 Å². The van der Waals surface area contributed by atoms with Crippen LogP contribution in [0.2, 0.25) is 0 Å². The molecule has 0 bridgehead atoms. The van der Waals surface area contributed by atoms with Crippen molar-refractivity contribution in [2.45, 2.75) is 0 Å². The molecule has 42 heavy (non-hydrogen) atoms. The lowest BCUT2D eigenvalue weighted by Gasteiger charge is -2.39. The van der Waals surface area contributed by atoms with Gasteiger partial charge < -0.3 is 4.74 Å². The highest BCUT2D eigenvalue weighted by Gasteiger charge is 2.41. The first-order valence-electron chi connectivity index (χ1n) is 14.0. The molecule has 7 aromatic rings. The van der Waals surface area contributed by atoms with Gasteiger partial charge in [0.1, 0.15) is 23.1 Å². The molecule has 0 radical (unpaired) electrons. The van der Waals surface area contributed by atoms with Crippen LogP contribution in [0, 0.1) is 11.3 Å². The van der Waals surface area contributed by atoms with Crippen LogP contribution < -0.4 is 26.0 Å². The summed E-state index contributed by atoms with van der Waals surface area (Å²) >= 11 is 0. The van der Waals surface area contributed by atoms with Crippen molar-refractivity contribution in [2.24, 2.45) is 0 Å². The summed E-state index contributed by atoms with van der Waals surface area (Å²) in [6.45, 7) is 0.0320. The Labute approximate surface area is 242 Å². The third kappa shape index (κ3) is 3.11. The average molecular weight is 536 g/mol. The molecule has 2 aliphatic heterocycles.